The standard InChI is InChI=1S/C21H24ClN3O5/c22-15-10-18-19(30-9-3-8-29-18)11-16(15)24-20(26)13-25-6-1-5-17(25)21(27)23-12-14-4-2-7-28-14/h2,4,7,10-11,17H,1,3,5-6,8-9,12-13H2,(H,23,27)(H,24,26)/t17-/m0/s1. The molecule has 2 amide bonds. The number of rotatable bonds is 6. The maximum atomic E-state index is 12.6. The van der Waals surface area contributed by atoms with Gasteiger partial charge in [0.1, 0.15) is 5.76 Å². The lowest BCUT2D eigenvalue weighted by molar-refractivity contribution is -0.126. The molecule has 2 N–H and O–H groups in total. The molecule has 2 aliphatic rings. The van der Waals surface area contributed by atoms with E-state index in [1.165, 1.54) is 0 Å². The van der Waals surface area contributed by atoms with Gasteiger partial charge in [0.15, 0.2) is 11.5 Å². The SMILES string of the molecule is O=C(CN1CCC[C@H]1C(=O)NCc1ccco1)Nc1cc2c(cc1Cl)OCCCO2. The van der Waals surface area contributed by atoms with E-state index in [1.807, 2.05) is 4.90 Å². The van der Waals surface area contributed by atoms with Crippen LogP contribution in [0.25, 0.3) is 0 Å². The molecule has 0 aliphatic carbocycles. The van der Waals surface area contributed by atoms with E-state index in [0.717, 1.165) is 12.8 Å². The van der Waals surface area contributed by atoms with E-state index in [4.69, 9.17) is 25.5 Å². The lowest BCUT2D eigenvalue weighted by atomic mass is 10.2. The average Bonchev–Trinajstić information content (AvgIpc) is 3.36. The molecule has 2 aliphatic heterocycles. The molecule has 1 fully saturated rings. The van der Waals surface area contributed by atoms with Crippen LogP contribution in [0.15, 0.2) is 34.9 Å². The number of benzene rings is 1. The normalized spacial score (nSPS) is 18.6. The van der Waals surface area contributed by atoms with E-state index in [2.05, 4.69) is 10.6 Å². The van der Waals surface area contributed by atoms with Crippen LogP contribution in [0.3, 0.4) is 0 Å². The van der Waals surface area contributed by atoms with Gasteiger partial charge in [0, 0.05) is 18.6 Å². The van der Waals surface area contributed by atoms with Crippen molar-refractivity contribution in [1.29, 1.82) is 0 Å². The number of carbonyl (C=O) groups is 2. The van der Waals surface area contributed by atoms with Gasteiger partial charge in [0.05, 0.1) is 49.3 Å². The highest BCUT2D eigenvalue weighted by atomic mass is 35.5. The largest absolute Gasteiger partial charge is 0.490 e. The second-order valence-electron chi connectivity index (χ2n) is 7.30. The topological polar surface area (TPSA) is 93.0 Å². The predicted octanol–water partition coefficient (Wildman–Crippen LogP) is 2.81. The summed E-state index contributed by atoms with van der Waals surface area (Å²) < 4.78 is 16.5. The summed E-state index contributed by atoms with van der Waals surface area (Å²) in [6, 6.07) is 6.57. The van der Waals surface area contributed by atoms with Crippen molar-refractivity contribution in [3.05, 3.63) is 41.3 Å². The van der Waals surface area contributed by atoms with Gasteiger partial charge in [-0.05, 0) is 31.5 Å². The average molecular weight is 434 g/mol. The van der Waals surface area contributed by atoms with Crippen molar-refractivity contribution >= 4 is 29.1 Å². The molecular weight excluding hydrogens is 410 g/mol. The second kappa shape index (κ2) is 9.40. The number of hydrogen-bond acceptors (Lipinski definition) is 6. The van der Waals surface area contributed by atoms with Gasteiger partial charge in [0.25, 0.3) is 0 Å². The molecule has 8 nitrogen and oxygen atoms in total. The number of hydrogen-bond donors (Lipinski definition) is 2. The molecular formula is C21H24ClN3O5. The van der Waals surface area contributed by atoms with Gasteiger partial charge < -0.3 is 24.5 Å². The van der Waals surface area contributed by atoms with Crippen LogP contribution in [-0.2, 0) is 16.1 Å². The highest BCUT2D eigenvalue weighted by molar-refractivity contribution is 6.34. The Bertz CT molecular complexity index is 902. The number of fused-ring (bicyclic) bond motifs is 1. The third kappa shape index (κ3) is 4.88. The molecule has 0 spiro atoms. The monoisotopic (exact) mass is 433 g/mol. The summed E-state index contributed by atoms with van der Waals surface area (Å²) in [6.07, 6.45) is 3.92. The zero-order chi connectivity index (χ0) is 20.9. The Morgan fingerprint density at radius 1 is 1.17 bits per heavy atom. The molecule has 4 rings (SSSR count). The van der Waals surface area contributed by atoms with E-state index in [0.29, 0.717) is 60.7 Å². The minimum Gasteiger partial charge on any atom is -0.490 e. The molecule has 0 saturated carbocycles. The molecule has 1 aromatic carbocycles. The smallest absolute Gasteiger partial charge is 0.238 e. The van der Waals surface area contributed by atoms with Gasteiger partial charge in [-0.3, -0.25) is 14.5 Å². The number of nitrogens with one attached hydrogen (secondary N) is 2. The first kappa shape index (κ1) is 20.6. The fourth-order valence-electron chi connectivity index (χ4n) is 3.67. The summed E-state index contributed by atoms with van der Waals surface area (Å²) in [5.41, 5.74) is 0.462. The van der Waals surface area contributed by atoms with Gasteiger partial charge in [-0.2, -0.15) is 0 Å². The van der Waals surface area contributed by atoms with Crippen LogP contribution in [0.5, 0.6) is 11.5 Å². The Hall–Kier alpha value is -2.71. The van der Waals surface area contributed by atoms with Crippen molar-refractivity contribution < 1.29 is 23.5 Å². The third-order valence-electron chi connectivity index (χ3n) is 5.14. The zero-order valence-corrected chi connectivity index (χ0v) is 17.2. The van der Waals surface area contributed by atoms with Crippen molar-refractivity contribution in [1.82, 2.24) is 10.2 Å². The Morgan fingerprint density at radius 3 is 2.73 bits per heavy atom. The Balaban J connectivity index is 1.35. The van der Waals surface area contributed by atoms with Crippen molar-refractivity contribution in [2.75, 3.05) is 31.6 Å². The summed E-state index contributed by atoms with van der Waals surface area (Å²) in [4.78, 5) is 27.1. The number of amides is 2. The van der Waals surface area contributed by atoms with E-state index in [9.17, 15) is 9.59 Å². The van der Waals surface area contributed by atoms with Crippen LogP contribution in [0.4, 0.5) is 5.69 Å². The van der Waals surface area contributed by atoms with Crippen LogP contribution >= 0.6 is 11.6 Å². The number of halogens is 1. The minimum atomic E-state index is -0.343. The fraction of sp³-hybridized carbons (Fsp3) is 0.429. The first-order valence-corrected chi connectivity index (χ1v) is 10.4. The summed E-state index contributed by atoms with van der Waals surface area (Å²) in [5, 5.41) is 6.07. The summed E-state index contributed by atoms with van der Waals surface area (Å²) in [5.74, 6) is 1.48. The van der Waals surface area contributed by atoms with E-state index < -0.39 is 0 Å². The number of ether oxygens (including phenoxy) is 2. The first-order valence-electron chi connectivity index (χ1n) is 10.0. The number of carbonyl (C=O) groups excluding carboxylic acids is 2. The molecule has 160 valence electrons. The zero-order valence-electron chi connectivity index (χ0n) is 16.5. The van der Waals surface area contributed by atoms with Gasteiger partial charge in [-0.15, -0.1) is 0 Å². The van der Waals surface area contributed by atoms with Crippen molar-refractivity contribution in [2.24, 2.45) is 0 Å². The van der Waals surface area contributed by atoms with Crippen LogP contribution in [-0.4, -0.2) is 49.1 Å². The Labute approximate surface area is 179 Å². The van der Waals surface area contributed by atoms with Gasteiger partial charge in [-0.25, -0.2) is 0 Å². The summed E-state index contributed by atoms with van der Waals surface area (Å²) >= 11 is 6.31. The van der Waals surface area contributed by atoms with Crippen molar-refractivity contribution in [2.45, 2.75) is 31.8 Å². The minimum absolute atomic E-state index is 0.101. The molecule has 3 heterocycles. The number of nitrogens with zero attached hydrogens (tertiary/aromatic N) is 1. The maximum Gasteiger partial charge on any atom is 0.238 e. The van der Waals surface area contributed by atoms with Crippen LogP contribution < -0.4 is 20.1 Å². The second-order valence-corrected chi connectivity index (χ2v) is 7.71. The van der Waals surface area contributed by atoms with Crippen LogP contribution in [0, 0.1) is 0 Å². The molecule has 0 unspecified atom stereocenters. The molecule has 1 atom stereocenters. The molecule has 2 aromatic rings. The highest BCUT2D eigenvalue weighted by Crippen LogP contribution is 2.37. The van der Waals surface area contributed by atoms with E-state index in [-0.39, 0.29) is 24.4 Å². The van der Waals surface area contributed by atoms with Gasteiger partial charge in [0.2, 0.25) is 11.8 Å². The fourth-order valence-corrected chi connectivity index (χ4v) is 3.87. The number of anilines is 1. The molecule has 1 aromatic heterocycles. The Morgan fingerprint density at radius 2 is 1.97 bits per heavy atom. The molecule has 9 heteroatoms. The van der Waals surface area contributed by atoms with Crippen LogP contribution in [0.2, 0.25) is 5.02 Å². The van der Waals surface area contributed by atoms with Gasteiger partial charge in [-0.1, -0.05) is 11.6 Å². The van der Waals surface area contributed by atoms with E-state index >= 15 is 0 Å². The van der Waals surface area contributed by atoms with Gasteiger partial charge >= 0.3 is 0 Å². The van der Waals surface area contributed by atoms with Crippen molar-refractivity contribution in [3.8, 4) is 11.5 Å². The number of furan rings is 1. The quantitative estimate of drug-likeness (QED) is 0.727. The molecule has 30 heavy (non-hydrogen) atoms. The Kier molecular flexibility index (Phi) is 6.44. The highest BCUT2D eigenvalue weighted by Gasteiger charge is 2.32. The summed E-state index contributed by atoms with van der Waals surface area (Å²) in [6.45, 7) is 2.22. The van der Waals surface area contributed by atoms with Crippen molar-refractivity contribution in [3.63, 3.8) is 0 Å². The number of likely N-dealkylation sites (tertiary alicyclic amines) is 1. The summed E-state index contributed by atoms with van der Waals surface area (Å²) in [7, 11) is 0. The molecule has 0 bridgehead atoms. The van der Waals surface area contributed by atoms with Crippen LogP contribution in [0.1, 0.15) is 25.0 Å². The molecule has 0 radical (unpaired) electrons. The lowest BCUT2D eigenvalue weighted by Crippen LogP contribution is -2.45. The van der Waals surface area contributed by atoms with E-state index in [1.54, 1.807) is 30.5 Å². The first-order chi connectivity index (χ1) is 14.6. The molecule has 1 saturated heterocycles. The predicted molar refractivity (Wildman–Crippen MR) is 111 cm³/mol. The third-order valence-corrected chi connectivity index (χ3v) is 5.45. The lowest BCUT2D eigenvalue weighted by Gasteiger charge is -2.23. The maximum absolute atomic E-state index is 12.6.